The monoisotopic (exact) mass is 795 g/mol. The van der Waals surface area contributed by atoms with Gasteiger partial charge < -0.3 is 32.5 Å². The van der Waals surface area contributed by atoms with Gasteiger partial charge in [-0.2, -0.15) is 39.5 Å². The number of rotatable bonds is 22. The van der Waals surface area contributed by atoms with E-state index in [-0.39, 0.29) is 52.5 Å². The van der Waals surface area contributed by atoms with Gasteiger partial charge in [0.1, 0.15) is 0 Å². The van der Waals surface area contributed by atoms with Crippen LogP contribution in [0.1, 0.15) is 32.1 Å². The lowest BCUT2D eigenvalue weighted by Crippen LogP contribution is -2.21. The number of nitrogens with zero attached hydrogens (tertiary/aromatic N) is 3. The summed E-state index contributed by atoms with van der Waals surface area (Å²) in [6, 6.07) is 0. The molecule has 0 fully saturated rings. The maximum Gasteiger partial charge on any atom is 0.412 e. The molecule has 0 N–H and O–H groups in total. The van der Waals surface area contributed by atoms with Crippen molar-refractivity contribution in [2.75, 3.05) is 86.9 Å². The van der Waals surface area contributed by atoms with Crippen molar-refractivity contribution in [1.29, 1.82) is 0 Å². The largest absolute Gasteiger partial charge is 0.412 e. The predicted octanol–water partition coefficient (Wildman–Crippen LogP) is 8.84. The molecule has 2 aliphatic rings. The lowest BCUT2D eigenvalue weighted by Gasteiger charge is -2.35. The van der Waals surface area contributed by atoms with Gasteiger partial charge in [0, 0.05) is 14.2 Å². The lowest BCUT2D eigenvalue weighted by atomic mass is 10.0. The van der Waals surface area contributed by atoms with Gasteiger partial charge in [-0.3, -0.25) is 13.6 Å². The minimum absolute atomic E-state index is 0.00101. The summed E-state index contributed by atoms with van der Waals surface area (Å²) >= 11 is 0. The third-order valence-electron chi connectivity index (χ3n) is 5.71. The summed E-state index contributed by atoms with van der Waals surface area (Å²) in [5, 5.41) is 0. The van der Waals surface area contributed by atoms with Gasteiger partial charge in [-0.05, 0) is 32.1 Å². The van der Waals surface area contributed by atoms with Crippen LogP contribution in [0, 0.1) is 0 Å². The van der Waals surface area contributed by atoms with Crippen molar-refractivity contribution in [3.05, 3.63) is 12.2 Å². The SMILES string of the molecule is COCCOCCOP1(OCC(F)(F)F)=NP(OCCOCCOC)(OCC(F)(F)F)=NP(OCC(F)(F)F)(OC2CC/C=C\CCC2)=N1. The molecule has 290 valence electrons. The second-order valence-corrected chi connectivity index (χ2v) is 16.6. The van der Waals surface area contributed by atoms with Crippen LogP contribution in [0.25, 0.3) is 0 Å². The van der Waals surface area contributed by atoms with Gasteiger partial charge in [0.2, 0.25) is 0 Å². The van der Waals surface area contributed by atoms with Crippen LogP contribution in [0.5, 0.6) is 0 Å². The van der Waals surface area contributed by atoms with E-state index in [1.54, 1.807) is 6.08 Å². The number of allylic oxidation sites excluding steroid dienone is 2. The molecule has 0 aromatic rings. The number of halogens is 9. The van der Waals surface area contributed by atoms with E-state index in [9.17, 15) is 39.5 Å². The molecule has 0 saturated heterocycles. The molecule has 0 aromatic carbocycles. The fraction of sp³-hybridized carbons (Fsp3) is 0.917. The molecule has 13 nitrogen and oxygen atoms in total. The highest BCUT2D eigenvalue weighted by Gasteiger charge is 2.48. The van der Waals surface area contributed by atoms with E-state index in [2.05, 4.69) is 13.5 Å². The molecule has 0 radical (unpaired) electrons. The summed E-state index contributed by atoms with van der Waals surface area (Å²) in [6.07, 6.45) is -10.8. The van der Waals surface area contributed by atoms with Crippen molar-refractivity contribution in [3.8, 4) is 0 Å². The molecule has 0 aromatic heterocycles. The highest BCUT2D eigenvalue weighted by molar-refractivity contribution is 7.78. The first-order chi connectivity index (χ1) is 22.9. The smallest absolute Gasteiger partial charge is 0.382 e. The summed E-state index contributed by atoms with van der Waals surface area (Å²) in [5.74, 6) is 0. The van der Waals surface area contributed by atoms with Crippen LogP contribution in [0.4, 0.5) is 39.5 Å². The van der Waals surface area contributed by atoms with Gasteiger partial charge in [0.25, 0.3) is 0 Å². The first kappa shape index (κ1) is 44.6. The molecule has 25 heteroatoms. The second kappa shape index (κ2) is 21.2. The van der Waals surface area contributed by atoms with Crippen LogP contribution in [-0.4, -0.2) is 112 Å². The minimum Gasteiger partial charge on any atom is -0.382 e. The summed E-state index contributed by atoms with van der Waals surface area (Å²) in [7, 11) is -12.2. The molecule has 0 bridgehead atoms. The maximum atomic E-state index is 13.6. The number of methoxy groups -OCH3 is 2. The Morgan fingerprint density at radius 1 is 0.531 bits per heavy atom. The molecular formula is C24H41F9N3O10P3. The quantitative estimate of drug-likeness (QED) is 0.0454. The van der Waals surface area contributed by atoms with E-state index in [1.807, 2.05) is 6.08 Å². The average molecular weight is 796 g/mol. The summed E-state index contributed by atoms with van der Waals surface area (Å²) in [4.78, 5) is 0. The maximum absolute atomic E-state index is 13.6. The van der Waals surface area contributed by atoms with E-state index in [4.69, 9.17) is 46.1 Å². The standard InChI is InChI=1S/C24H41F9N3O10P3/c1-37-10-12-39-14-16-41-47(43-18-22(25,26)27)34-48(44-19-23(28,29)30,42-17-15-40-13-11-38-2)36-49(35-47,45-20-24(31,32)33)46-21-8-6-4-3-5-7-9-21/h3-4,21H,5-20H2,1-2H3/b4-3-. The molecule has 1 heterocycles. The molecule has 0 spiro atoms. The topological polar surface area (TPSA) is 129 Å². The van der Waals surface area contributed by atoms with Crippen LogP contribution < -0.4 is 0 Å². The summed E-state index contributed by atoms with van der Waals surface area (Å²) in [6.45, 7) is -8.14. The number of hydrogen-bond acceptors (Lipinski definition) is 13. The summed E-state index contributed by atoms with van der Waals surface area (Å²) < 4.78 is 187. The number of ether oxygens (including phenoxy) is 4. The highest BCUT2D eigenvalue weighted by Crippen LogP contribution is 2.81. The normalized spacial score (nSPS) is 27.4. The molecular weight excluding hydrogens is 754 g/mol. The Labute approximate surface area is 278 Å². The second-order valence-electron chi connectivity index (χ2n) is 9.99. The predicted molar refractivity (Wildman–Crippen MR) is 158 cm³/mol. The zero-order valence-electron chi connectivity index (χ0n) is 26.7. The van der Waals surface area contributed by atoms with Crippen LogP contribution in [-0.2, 0) is 46.1 Å². The van der Waals surface area contributed by atoms with E-state index < -0.39 is 80.6 Å². The average Bonchev–Trinajstić information content (AvgIpc) is 2.98. The van der Waals surface area contributed by atoms with Crippen molar-refractivity contribution < 1.29 is 85.6 Å². The van der Waals surface area contributed by atoms with Gasteiger partial charge in [0.15, 0.2) is 19.8 Å². The van der Waals surface area contributed by atoms with Crippen LogP contribution >= 0.6 is 23.0 Å². The molecule has 4 unspecified atom stereocenters. The third kappa shape index (κ3) is 19.2. The first-order valence-electron chi connectivity index (χ1n) is 14.8. The van der Waals surface area contributed by atoms with Gasteiger partial charge in [0.05, 0.1) is 59.0 Å². The fourth-order valence-electron chi connectivity index (χ4n) is 3.70. The first-order valence-corrected chi connectivity index (χ1v) is 19.3. The van der Waals surface area contributed by atoms with E-state index in [0.717, 1.165) is 0 Å². The van der Waals surface area contributed by atoms with E-state index in [1.165, 1.54) is 14.2 Å². The Balaban J connectivity index is 2.81. The Kier molecular flexibility index (Phi) is 19.3. The van der Waals surface area contributed by atoms with E-state index >= 15 is 0 Å². The van der Waals surface area contributed by atoms with Gasteiger partial charge in [-0.1, -0.05) is 12.2 Å². The van der Waals surface area contributed by atoms with Gasteiger partial charge in [-0.15, -0.1) is 13.5 Å². The molecule has 1 aliphatic heterocycles. The number of alkyl halides is 9. The number of hydrogen-bond donors (Lipinski definition) is 0. The Morgan fingerprint density at radius 3 is 1.41 bits per heavy atom. The van der Waals surface area contributed by atoms with Crippen molar-refractivity contribution in [2.45, 2.75) is 56.7 Å². The zero-order valence-corrected chi connectivity index (χ0v) is 29.4. The Morgan fingerprint density at radius 2 is 0.939 bits per heavy atom. The highest BCUT2D eigenvalue weighted by atomic mass is 31.3. The molecule has 49 heavy (non-hydrogen) atoms. The van der Waals surface area contributed by atoms with Crippen molar-refractivity contribution in [2.24, 2.45) is 13.5 Å². The van der Waals surface area contributed by atoms with E-state index in [0.29, 0.717) is 19.3 Å². The van der Waals surface area contributed by atoms with Crippen LogP contribution in [0.2, 0.25) is 0 Å². The molecule has 2 rings (SSSR count). The minimum atomic E-state index is -5.09. The fourth-order valence-corrected chi connectivity index (χ4v) is 13.3. The van der Waals surface area contributed by atoms with Crippen molar-refractivity contribution in [3.63, 3.8) is 0 Å². The zero-order chi connectivity index (χ0) is 36.5. The van der Waals surface area contributed by atoms with Gasteiger partial charge in [-0.25, -0.2) is 0 Å². The third-order valence-corrected chi connectivity index (χ3v) is 14.1. The molecule has 0 saturated carbocycles. The molecule has 4 atom stereocenters. The Bertz CT molecular complexity index is 1140. The Hall–Kier alpha value is -0.600. The van der Waals surface area contributed by atoms with Crippen LogP contribution in [0.3, 0.4) is 0 Å². The van der Waals surface area contributed by atoms with Crippen molar-refractivity contribution in [1.82, 2.24) is 0 Å². The lowest BCUT2D eigenvalue weighted by molar-refractivity contribution is -0.155. The van der Waals surface area contributed by atoms with Crippen LogP contribution in [0.15, 0.2) is 25.7 Å². The molecule has 1 aliphatic carbocycles. The van der Waals surface area contributed by atoms with Gasteiger partial charge >= 0.3 is 41.5 Å². The summed E-state index contributed by atoms with van der Waals surface area (Å²) in [5.41, 5.74) is 0. The van der Waals surface area contributed by atoms with Crippen molar-refractivity contribution >= 4 is 23.0 Å². The molecule has 0 amide bonds.